The van der Waals surface area contributed by atoms with Gasteiger partial charge in [-0.15, -0.1) is 0 Å². The van der Waals surface area contributed by atoms with E-state index in [-0.39, 0.29) is 12.2 Å². The standard InChI is InChI=1S/C14H17NO3/c1-13(2,3)18-12(16)15-10-8-6-5-7-9(10)11-14(15,4)17-11/h5-8,11H,1-4H3. The third kappa shape index (κ3) is 1.52. The summed E-state index contributed by atoms with van der Waals surface area (Å²) in [6.45, 7) is 7.50. The molecule has 0 aromatic heterocycles. The second-order valence-electron chi connectivity index (χ2n) is 5.93. The van der Waals surface area contributed by atoms with Crippen LogP contribution in [0.15, 0.2) is 24.3 Å². The van der Waals surface area contributed by atoms with E-state index in [1.54, 1.807) is 4.90 Å². The zero-order chi connectivity index (χ0) is 13.1. The van der Waals surface area contributed by atoms with E-state index in [1.165, 1.54) is 0 Å². The summed E-state index contributed by atoms with van der Waals surface area (Å²) < 4.78 is 11.1. The van der Waals surface area contributed by atoms with Gasteiger partial charge >= 0.3 is 6.09 Å². The van der Waals surface area contributed by atoms with E-state index in [1.807, 2.05) is 52.0 Å². The minimum Gasteiger partial charge on any atom is -0.443 e. The molecule has 0 saturated carbocycles. The normalized spacial score (nSPS) is 28.7. The molecule has 2 unspecified atom stereocenters. The van der Waals surface area contributed by atoms with Crippen LogP contribution in [0.2, 0.25) is 0 Å². The Labute approximate surface area is 106 Å². The summed E-state index contributed by atoms with van der Waals surface area (Å²) in [6, 6.07) is 7.81. The van der Waals surface area contributed by atoms with Crippen LogP contribution in [0.4, 0.5) is 10.5 Å². The Hall–Kier alpha value is -1.55. The Kier molecular flexibility index (Phi) is 2.09. The van der Waals surface area contributed by atoms with Crippen molar-refractivity contribution in [2.24, 2.45) is 0 Å². The van der Waals surface area contributed by atoms with E-state index in [9.17, 15) is 4.79 Å². The first-order valence-corrected chi connectivity index (χ1v) is 6.13. The summed E-state index contributed by atoms with van der Waals surface area (Å²) >= 11 is 0. The Morgan fingerprint density at radius 2 is 2.06 bits per heavy atom. The number of amides is 1. The van der Waals surface area contributed by atoms with Crippen LogP contribution in [-0.2, 0) is 9.47 Å². The van der Waals surface area contributed by atoms with Crippen LogP contribution < -0.4 is 4.90 Å². The van der Waals surface area contributed by atoms with Crippen molar-refractivity contribution in [3.8, 4) is 0 Å². The van der Waals surface area contributed by atoms with Crippen molar-refractivity contribution < 1.29 is 14.3 Å². The summed E-state index contributed by atoms with van der Waals surface area (Å²) in [5.41, 5.74) is 0.887. The molecule has 1 aromatic carbocycles. The number of carbonyl (C=O) groups is 1. The molecule has 2 aliphatic heterocycles. The minimum atomic E-state index is -0.563. The van der Waals surface area contributed by atoms with Crippen LogP contribution in [0.5, 0.6) is 0 Å². The molecule has 3 rings (SSSR count). The fraction of sp³-hybridized carbons (Fsp3) is 0.500. The number of epoxide rings is 1. The minimum absolute atomic E-state index is 0.0128. The number of benzene rings is 1. The van der Waals surface area contributed by atoms with Gasteiger partial charge in [0.25, 0.3) is 0 Å². The molecule has 0 spiro atoms. The largest absolute Gasteiger partial charge is 0.443 e. The fourth-order valence-corrected chi connectivity index (χ4v) is 2.47. The van der Waals surface area contributed by atoms with Crippen molar-refractivity contribution in [3.63, 3.8) is 0 Å². The van der Waals surface area contributed by atoms with E-state index in [4.69, 9.17) is 9.47 Å². The first-order valence-electron chi connectivity index (χ1n) is 6.13. The molecule has 0 radical (unpaired) electrons. The Morgan fingerprint density at radius 1 is 1.39 bits per heavy atom. The average Bonchev–Trinajstić information content (AvgIpc) is 2.83. The summed E-state index contributed by atoms with van der Waals surface area (Å²) in [6.07, 6.45) is -0.362. The molecule has 1 amide bonds. The highest BCUT2D eigenvalue weighted by Crippen LogP contribution is 2.61. The van der Waals surface area contributed by atoms with E-state index in [0.29, 0.717) is 0 Å². The number of anilines is 1. The predicted octanol–water partition coefficient (Wildman–Crippen LogP) is 3.23. The quantitative estimate of drug-likeness (QED) is 0.661. The van der Waals surface area contributed by atoms with Crippen molar-refractivity contribution >= 4 is 11.8 Å². The molecule has 4 heteroatoms. The molecule has 1 aromatic rings. The van der Waals surface area contributed by atoms with E-state index < -0.39 is 11.3 Å². The second-order valence-corrected chi connectivity index (χ2v) is 5.93. The van der Waals surface area contributed by atoms with Gasteiger partial charge in [0.05, 0.1) is 5.69 Å². The average molecular weight is 247 g/mol. The van der Waals surface area contributed by atoms with Gasteiger partial charge in [-0.05, 0) is 33.8 Å². The summed E-state index contributed by atoms with van der Waals surface area (Å²) in [4.78, 5) is 13.9. The van der Waals surface area contributed by atoms with Gasteiger partial charge in [0.15, 0.2) is 5.72 Å². The number of carbonyl (C=O) groups excluding carboxylic acids is 1. The number of hydrogen-bond donors (Lipinski definition) is 0. The lowest BCUT2D eigenvalue weighted by molar-refractivity contribution is 0.0538. The molecular weight excluding hydrogens is 230 g/mol. The van der Waals surface area contributed by atoms with E-state index in [0.717, 1.165) is 11.3 Å². The van der Waals surface area contributed by atoms with Gasteiger partial charge in [0.1, 0.15) is 11.7 Å². The number of rotatable bonds is 0. The van der Waals surface area contributed by atoms with Gasteiger partial charge in [0.2, 0.25) is 0 Å². The van der Waals surface area contributed by atoms with Crippen molar-refractivity contribution in [1.29, 1.82) is 0 Å². The summed E-state index contributed by atoms with van der Waals surface area (Å²) in [5.74, 6) is 0. The molecule has 4 nitrogen and oxygen atoms in total. The maximum Gasteiger partial charge on any atom is 0.417 e. The second kappa shape index (κ2) is 3.26. The molecule has 0 N–H and O–H groups in total. The Morgan fingerprint density at radius 3 is 2.72 bits per heavy atom. The van der Waals surface area contributed by atoms with Gasteiger partial charge in [0, 0.05) is 5.56 Å². The molecule has 0 aliphatic carbocycles. The van der Waals surface area contributed by atoms with Crippen LogP contribution in [0.3, 0.4) is 0 Å². The van der Waals surface area contributed by atoms with Crippen LogP contribution in [0.25, 0.3) is 0 Å². The lowest BCUT2D eigenvalue weighted by Gasteiger charge is -2.28. The summed E-state index contributed by atoms with van der Waals surface area (Å²) in [5, 5.41) is 0. The number of hydrogen-bond acceptors (Lipinski definition) is 3. The molecule has 2 aliphatic rings. The third-order valence-electron chi connectivity index (χ3n) is 3.27. The molecule has 2 atom stereocenters. The van der Waals surface area contributed by atoms with Crippen LogP contribution in [0.1, 0.15) is 39.4 Å². The molecule has 1 fully saturated rings. The molecule has 0 bridgehead atoms. The van der Waals surface area contributed by atoms with Crippen molar-refractivity contribution in [3.05, 3.63) is 29.8 Å². The molecule has 2 heterocycles. The number of fused-ring (bicyclic) bond motifs is 3. The molecule has 18 heavy (non-hydrogen) atoms. The Balaban J connectivity index is 1.95. The van der Waals surface area contributed by atoms with Crippen LogP contribution in [0, 0.1) is 0 Å². The zero-order valence-electron chi connectivity index (χ0n) is 11.1. The van der Waals surface area contributed by atoms with Gasteiger partial charge in [-0.1, -0.05) is 18.2 Å². The van der Waals surface area contributed by atoms with E-state index >= 15 is 0 Å². The predicted molar refractivity (Wildman–Crippen MR) is 67.4 cm³/mol. The first kappa shape index (κ1) is 11.5. The first-order chi connectivity index (χ1) is 8.33. The van der Waals surface area contributed by atoms with Crippen molar-refractivity contribution in [1.82, 2.24) is 0 Å². The van der Waals surface area contributed by atoms with Crippen LogP contribution in [-0.4, -0.2) is 17.4 Å². The van der Waals surface area contributed by atoms with Gasteiger partial charge in [-0.25, -0.2) is 9.69 Å². The zero-order valence-corrected chi connectivity index (χ0v) is 11.1. The maximum absolute atomic E-state index is 12.3. The van der Waals surface area contributed by atoms with Gasteiger partial charge in [-0.2, -0.15) is 0 Å². The van der Waals surface area contributed by atoms with E-state index in [2.05, 4.69) is 0 Å². The third-order valence-corrected chi connectivity index (χ3v) is 3.27. The smallest absolute Gasteiger partial charge is 0.417 e. The number of ether oxygens (including phenoxy) is 2. The fourth-order valence-electron chi connectivity index (χ4n) is 2.47. The lowest BCUT2D eigenvalue weighted by atomic mass is 10.1. The maximum atomic E-state index is 12.3. The van der Waals surface area contributed by atoms with Crippen LogP contribution >= 0.6 is 0 Å². The monoisotopic (exact) mass is 247 g/mol. The van der Waals surface area contributed by atoms with Crippen molar-refractivity contribution in [2.45, 2.75) is 45.1 Å². The Bertz CT molecular complexity index is 520. The highest BCUT2D eigenvalue weighted by Gasteiger charge is 2.66. The molecule has 96 valence electrons. The number of nitrogens with zero attached hydrogens (tertiary/aromatic N) is 1. The van der Waals surface area contributed by atoms with Gasteiger partial charge < -0.3 is 9.47 Å². The topological polar surface area (TPSA) is 42.1 Å². The highest BCUT2D eigenvalue weighted by molar-refractivity contribution is 5.93. The van der Waals surface area contributed by atoms with Gasteiger partial charge in [-0.3, -0.25) is 0 Å². The molecular formula is C14H17NO3. The SMILES string of the molecule is CC(C)(C)OC(=O)N1c2ccccc2C2OC21C. The lowest BCUT2D eigenvalue weighted by Crippen LogP contribution is -2.42. The number of para-hydroxylation sites is 1. The summed E-state index contributed by atoms with van der Waals surface area (Å²) in [7, 11) is 0. The van der Waals surface area contributed by atoms with Crippen molar-refractivity contribution in [2.75, 3.05) is 4.90 Å². The highest BCUT2D eigenvalue weighted by atomic mass is 16.7. The molecule has 1 saturated heterocycles.